The molecular weight excluding hydrogens is 338 g/mol. The number of hydrogen-bond acceptors (Lipinski definition) is 3. The molecule has 0 aliphatic carbocycles. The molecule has 2 aromatic carbocycles. The minimum absolute atomic E-state index is 0.228. The molecule has 0 bridgehead atoms. The van der Waals surface area contributed by atoms with E-state index >= 15 is 0 Å². The summed E-state index contributed by atoms with van der Waals surface area (Å²) >= 11 is 6.18. The van der Waals surface area contributed by atoms with Crippen molar-refractivity contribution in [3.8, 4) is 11.6 Å². The van der Waals surface area contributed by atoms with Gasteiger partial charge in [0.05, 0.1) is 11.9 Å². The number of para-hydroxylation sites is 1. The molecule has 1 atom stereocenters. The van der Waals surface area contributed by atoms with Gasteiger partial charge in [-0.25, -0.2) is 4.68 Å². The monoisotopic (exact) mass is 355 g/mol. The highest BCUT2D eigenvalue weighted by Gasteiger charge is 2.18. The number of amides is 1. The van der Waals surface area contributed by atoms with Gasteiger partial charge in [0, 0.05) is 6.54 Å². The van der Waals surface area contributed by atoms with E-state index in [-0.39, 0.29) is 11.8 Å². The Hall–Kier alpha value is -2.79. The Balaban J connectivity index is 1.61. The fourth-order valence-electron chi connectivity index (χ4n) is 2.28. The van der Waals surface area contributed by atoms with Crippen molar-refractivity contribution in [3.05, 3.63) is 77.4 Å². The van der Waals surface area contributed by atoms with Crippen LogP contribution in [0.1, 0.15) is 12.5 Å². The van der Waals surface area contributed by atoms with Gasteiger partial charge < -0.3 is 10.1 Å². The number of hydrogen-bond donors (Lipinski definition) is 1. The highest BCUT2D eigenvalue weighted by molar-refractivity contribution is 6.31. The summed E-state index contributed by atoms with van der Waals surface area (Å²) in [5.41, 5.74) is 1.88. The Labute approximate surface area is 151 Å². The standard InChI is InChI=1S/C19H18ClN3O2/c1-14(18(24)21-12-15-8-4-2-5-9-15)25-19-17(20)13-23(22-19)16-10-6-3-7-11-16/h2-11,13-14H,12H2,1H3,(H,21,24)/t14-/m1/s1. The number of carbonyl (C=O) groups is 1. The average molecular weight is 356 g/mol. The molecule has 1 heterocycles. The van der Waals surface area contributed by atoms with Crippen molar-refractivity contribution in [2.45, 2.75) is 19.6 Å². The molecule has 0 saturated carbocycles. The van der Waals surface area contributed by atoms with Crippen molar-refractivity contribution in [1.82, 2.24) is 15.1 Å². The highest BCUT2D eigenvalue weighted by atomic mass is 35.5. The smallest absolute Gasteiger partial charge is 0.261 e. The molecule has 6 heteroatoms. The number of halogens is 1. The van der Waals surface area contributed by atoms with Crippen molar-refractivity contribution < 1.29 is 9.53 Å². The largest absolute Gasteiger partial charge is 0.462 e. The first-order valence-corrected chi connectivity index (χ1v) is 8.30. The van der Waals surface area contributed by atoms with Crippen molar-refractivity contribution in [1.29, 1.82) is 0 Å². The van der Waals surface area contributed by atoms with E-state index < -0.39 is 6.10 Å². The third kappa shape index (κ3) is 4.39. The highest BCUT2D eigenvalue weighted by Crippen LogP contribution is 2.24. The van der Waals surface area contributed by atoms with E-state index in [2.05, 4.69) is 10.4 Å². The lowest BCUT2D eigenvalue weighted by atomic mass is 10.2. The first-order chi connectivity index (χ1) is 12.1. The van der Waals surface area contributed by atoms with Crippen molar-refractivity contribution >= 4 is 17.5 Å². The second-order valence-corrected chi connectivity index (χ2v) is 5.93. The van der Waals surface area contributed by atoms with Crippen LogP contribution in [0.15, 0.2) is 66.9 Å². The van der Waals surface area contributed by atoms with E-state index in [4.69, 9.17) is 16.3 Å². The number of ether oxygens (including phenoxy) is 1. The predicted molar refractivity (Wildman–Crippen MR) is 97.0 cm³/mol. The van der Waals surface area contributed by atoms with Crippen molar-refractivity contribution in [3.63, 3.8) is 0 Å². The van der Waals surface area contributed by atoms with Crippen LogP contribution in [0.4, 0.5) is 0 Å². The van der Waals surface area contributed by atoms with Crippen LogP contribution in [-0.4, -0.2) is 21.8 Å². The molecule has 1 N–H and O–H groups in total. The summed E-state index contributed by atoms with van der Waals surface area (Å²) in [6.45, 7) is 2.11. The van der Waals surface area contributed by atoms with Crippen LogP contribution >= 0.6 is 11.6 Å². The summed E-state index contributed by atoms with van der Waals surface area (Å²) in [5, 5.41) is 7.49. The number of carbonyl (C=O) groups excluding carboxylic acids is 1. The second-order valence-electron chi connectivity index (χ2n) is 5.53. The first-order valence-electron chi connectivity index (χ1n) is 7.92. The van der Waals surface area contributed by atoms with Gasteiger partial charge in [-0.15, -0.1) is 5.10 Å². The predicted octanol–water partition coefficient (Wildman–Crippen LogP) is 3.61. The van der Waals surface area contributed by atoms with Gasteiger partial charge in [-0.1, -0.05) is 60.1 Å². The van der Waals surface area contributed by atoms with Crippen LogP contribution in [0.5, 0.6) is 5.88 Å². The summed E-state index contributed by atoms with van der Waals surface area (Å²) in [7, 11) is 0. The lowest BCUT2D eigenvalue weighted by Gasteiger charge is -2.13. The number of aromatic nitrogens is 2. The maximum Gasteiger partial charge on any atom is 0.261 e. The van der Waals surface area contributed by atoms with Crippen LogP contribution in [0, 0.1) is 0 Å². The molecule has 1 aromatic heterocycles. The molecule has 128 valence electrons. The molecule has 1 amide bonds. The Morgan fingerprint density at radius 2 is 1.80 bits per heavy atom. The SMILES string of the molecule is C[C@@H](Oc1nn(-c2ccccc2)cc1Cl)C(=O)NCc1ccccc1. The quantitative estimate of drug-likeness (QED) is 0.735. The Morgan fingerprint density at radius 1 is 1.16 bits per heavy atom. The molecule has 0 saturated heterocycles. The maximum atomic E-state index is 12.2. The minimum Gasteiger partial charge on any atom is -0.462 e. The summed E-state index contributed by atoms with van der Waals surface area (Å²) in [5.74, 6) is 0.00191. The third-order valence-electron chi connectivity index (χ3n) is 3.63. The lowest BCUT2D eigenvalue weighted by Crippen LogP contribution is -2.36. The molecule has 3 rings (SSSR count). The van der Waals surface area contributed by atoms with Crippen LogP contribution in [-0.2, 0) is 11.3 Å². The van der Waals surface area contributed by atoms with Gasteiger partial charge in [-0.2, -0.15) is 0 Å². The molecule has 25 heavy (non-hydrogen) atoms. The summed E-state index contributed by atoms with van der Waals surface area (Å²) < 4.78 is 7.24. The van der Waals surface area contributed by atoms with E-state index in [9.17, 15) is 4.79 Å². The van der Waals surface area contributed by atoms with E-state index in [1.807, 2.05) is 60.7 Å². The molecule has 0 radical (unpaired) electrons. The van der Waals surface area contributed by atoms with Crippen LogP contribution < -0.4 is 10.1 Å². The van der Waals surface area contributed by atoms with Gasteiger partial charge in [-0.3, -0.25) is 4.79 Å². The zero-order valence-electron chi connectivity index (χ0n) is 13.7. The van der Waals surface area contributed by atoms with E-state index in [0.29, 0.717) is 11.6 Å². The van der Waals surface area contributed by atoms with Crippen LogP contribution in [0.25, 0.3) is 5.69 Å². The Kier molecular flexibility index (Phi) is 5.36. The van der Waals surface area contributed by atoms with Gasteiger partial charge in [0.15, 0.2) is 6.10 Å². The molecule has 0 aliphatic rings. The van der Waals surface area contributed by atoms with Crippen LogP contribution in [0.3, 0.4) is 0 Å². The number of rotatable bonds is 6. The molecule has 0 spiro atoms. The molecule has 0 fully saturated rings. The number of nitrogens with zero attached hydrogens (tertiary/aromatic N) is 2. The topological polar surface area (TPSA) is 56.2 Å². The summed E-state index contributed by atoms with van der Waals surface area (Å²) in [4.78, 5) is 12.2. The van der Waals surface area contributed by atoms with Gasteiger partial charge >= 0.3 is 0 Å². The van der Waals surface area contributed by atoms with Crippen LogP contribution in [0.2, 0.25) is 5.02 Å². The van der Waals surface area contributed by atoms with Gasteiger partial charge in [0.2, 0.25) is 0 Å². The fourth-order valence-corrected chi connectivity index (χ4v) is 2.45. The molecule has 5 nitrogen and oxygen atoms in total. The van der Waals surface area contributed by atoms with Crippen molar-refractivity contribution in [2.24, 2.45) is 0 Å². The third-order valence-corrected chi connectivity index (χ3v) is 3.89. The van der Waals surface area contributed by atoms with Gasteiger partial charge in [0.25, 0.3) is 11.8 Å². The van der Waals surface area contributed by atoms with Gasteiger partial charge in [-0.05, 0) is 24.6 Å². The minimum atomic E-state index is -0.708. The maximum absolute atomic E-state index is 12.2. The number of benzene rings is 2. The second kappa shape index (κ2) is 7.85. The molecular formula is C19H18ClN3O2. The Morgan fingerprint density at radius 3 is 2.48 bits per heavy atom. The lowest BCUT2D eigenvalue weighted by molar-refractivity contribution is -0.127. The zero-order chi connectivity index (χ0) is 17.6. The fraction of sp³-hybridized carbons (Fsp3) is 0.158. The molecule has 3 aromatic rings. The molecule has 0 unspecified atom stereocenters. The average Bonchev–Trinajstić information content (AvgIpc) is 3.02. The van der Waals surface area contributed by atoms with E-state index in [0.717, 1.165) is 11.3 Å². The zero-order valence-corrected chi connectivity index (χ0v) is 14.5. The Bertz CT molecular complexity index is 834. The molecule has 0 aliphatic heterocycles. The van der Waals surface area contributed by atoms with E-state index in [1.54, 1.807) is 17.8 Å². The first kappa shape index (κ1) is 17.0. The van der Waals surface area contributed by atoms with Gasteiger partial charge in [0.1, 0.15) is 5.02 Å². The number of nitrogens with one attached hydrogen (secondary N) is 1. The summed E-state index contributed by atoms with van der Waals surface area (Å²) in [6, 6.07) is 19.2. The normalized spacial score (nSPS) is 11.8. The summed E-state index contributed by atoms with van der Waals surface area (Å²) in [6.07, 6.45) is 0.946. The van der Waals surface area contributed by atoms with Crippen molar-refractivity contribution in [2.75, 3.05) is 0 Å². The van der Waals surface area contributed by atoms with E-state index in [1.165, 1.54) is 0 Å².